The average Bonchev–Trinajstić information content (AvgIpc) is 3.19. The molecule has 0 aromatic carbocycles. The van der Waals surface area contributed by atoms with Gasteiger partial charge in [0, 0.05) is 19.3 Å². The highest BCUT2D eigenvalue weighted by Crippen LogP contribution is 2.09. The predicted octanol–water partition coefficient (Wildman–Crippen LogP) is 12.9. The standard InChI is InChI=1S/C50H81NO6/c1-5-7-9-11-13-15-17-19-21-23-25-27-29-31-33-35-37-40-48(52)55-44-47(46-57-50(54)42-39-43-51(3)4)45-56-49(53)41-38-36-34-32-30-28-26-24-22-20-18-16-14-12-10-8-6-2/h13-16,19-22,25-28,31-34,47H,5-12,17-18,23-24,29-30,35-46H2,1-4H3/b15-13-,16-14-,21-19-,22-20-,27-25-,28-26-,33-31-,34-32-. The van der Waals surface area contributed by atoms with Crippen LogP contribution in [-0.4, -0.2) is 63.3 Å². The highest BCUT2D eigenvalue weighted by Gasteiger charge is 2.17. The first kappa shape index (κ1) is 53.3. The maximum Gasteiger partial charge on any atom is 0.305 e. The number of esters is 3. The van der Waals surface area contributed by atoms with Gasteiger partial charge in [-0.15, -0.1) is 0 Å². The van der Waals surface area contributed by atoms with Gasteiger partial charge in [0.1, 0.15) is 19.8 Å². The molecule has 0 saturated carbocycles. The number of carbonyl (C=O) groups excluding carboxylic acids is 3. The molecular weight excluding hydrogens is 711 g/mol. The molecular formula is C50H81NO6. The zero-order valence-electron chi connectivity index (χ0n) is 36.6. The molecule has 0 N–H and O–H groups in total. The fourth-order valence-electron chi connectivity index (χ4n) is 5.38. The van der Waals surface area contributed by atoms with Crippen LogP contribution in [0.2, 0.25) is 0 Å². The first-order valence-corrected chi connectivity index (χ1v) is 22.2. The molecule has 0 aliphatic carbocycles. The van der Waals surface area contributed by atoms with Crippen molar-refractivity contribution in [2.45, 2.75) is 155 Å². The van der Waals surface area contributed by atoms with Crippen LogP contribution in [0.3, 0.4) is 0 Å². The van der Waals surface area contributed by atoms with E-state index in [1.807, 2.05) is 19.0 Å². The Hall–Kier alpha value is -3.71. The molecule has 0 amide bonds. The molecule has 0 spiro atoms. The smallest absolute Gasteiger partial charge is 0.305 e. The van der Waals surface area contributed by atoms with Crippen molar-refractivity contribution in [2.75, 3.05) is 40.5 Å². The van der Waals surface area contributed by atoms with Crippen LogP contribution in [-0.2, 0) is 28.6 Å². The van der Waals surface area contributed by atoms with Crippen molar-refractivity contribution in [2.24, 2.45) is 5.92 Å². The number of rotatable bonds is 38. The molecule has 0 aromatic heterocycles. The van der Waals surface area contributed by atoms with E-state index in [0.717, 1.165) is 57.9 Å². The topological polar surface area (TPSA) is 82.1 Å². The average molecular weight is 792 g/mol. The zero-order valence-corrected chi connectivity index (χ0v) is 36.6. The molecule has 0 aliphatic heterocycles. The molecule has 0 heterocycles. The molecule has 0 bridgehead atoms. The monoisotopic (exact) mass is 792 g/mol. The van der Waals surface area contributed by atoms with Crippen LogP contribution in [0.5, 0.6) is 0 Å². The summed E-state index contributed by atoms with van der Waals surface area (Å²) in [7, 11) is 3.92. The van der Waals surface area contributed by atoms with Crippen LogP contribution in [0.1, 0.15) is 155 Å². The van der Waals surface area contributed by atoms with Crippen molar-refractivity contribution in [3.8, 4) is 0 Å². The molecule has 0 unspecified atom stereocenters. The Labute approximate surface area is 349 Å². The lowest BCUT2D eigenvalue weighted by Gasteiger charge is -2.17. The summed E-state index contributed by atoms with van der Waals surface area (Å²) < 4.78 is 16.5. The normalized spacial score (nSPS) is 12.6. The highest BCUT2D eigenvalue weighted by atomic mass is 16.6. The van der Waals surface area contributed by atoms with E-state index in [-0.39, 0.29) is 37.7 Å². The summed E-state index contributed by atoms with van der Waals surface area (Å²) in [6, 6.07) is 0. The van der Waals surface area contributed by atoms with Gasteiger partial charge in [-0.1, -0.05) is 137 Å². The molecule has 0 aliphatic rings. The van der Waals surface area contributed by atoms with E-state index in [1.54, 1.807) is 0 Å². The van der Waals surface area contributed by atoms with Gasteiger partial charge in [0.2, 0.25) is 0 Å². The van der Waals surface area contributed by atoms with Crippen LogP contribution in [0.25, 0.3) is 0 Å². The van der Waals surface area contributed by atoms with Crippen molar-refractivity contribution in [1.82, 2.24) is 4.90 Å². The summed E-state index contributed by atoms with van der Waals surface area (Å²) >= 11 is 0. The van der Waals surface area contributed by atoms with E-state index >= 15 is 0 Å². The van der Waals surface area contributed by atoms with Crippen molar-refractivity contribution >= 4 is 17.9 Å². The van der Waals surface area contributed by atoms with Gasteiger partial charge in [-0.25, -0.2) is 0 Å². The Balaban J connectivity index is 4.38. The molecule has 7 heteroatoms. The molecule has 57 heavy (non-hydrogen) atoms. The Kier molecular flexibility index (Phi) is 40.6. The van der Waals surface area contributed by atoms with Crippen LogP contribution in [0.4, 0.5) is 0 Å². The summed E-state index contributed by atoms with van der Waals surface area (Å²) in [5.74, 6) is -1.34. The molecule has 0 saturated heterocycles. The molecule has 0 radical (unpaired) electrons. The second-order valence-corrected chi connectivity index (χ2v) is 14.8. The molecule has 0 fully saturated rings. The SMILES string of the molecule is CCCCC/C=C\C/C=C\C/C=C\C/C=C\CCCC(=O)OCC(COC(=O)CCC/C=C\C/C=C\C/C=C\C/C=C\CCCCC)COC(=O)CCCN(C)C. The van der Waals surface area contributed by atoms with E-state index in [1.165, 1.54) is 51.4 Å². The maximum atomic E-state index is 12.5. The van der Waals surface area contributed by atoms with Gasteiger partial charge >= 0.3 is 17.9 Å². The number of nitrogens with zero attached hydrogens (tertiary/aromatic N) is 1. The summed E-state index contributed by atoms with van der Waals surface area (Å²) in [6.45, 7) is 5.34. The largest absolute Gasteiger partial charge is 0.465 e. The second-order valence-electron chi connectivity index (χ2n) is 14.8. The summed E-state index contributed by atoms with van der Waals surface area (Å²) in [5, 5.41) is 0. The van der Waals surface area contributed by atoms with Crippen LogP contribution in [0.15, 0.2) is 97.2 Å². The van der Waals surface area contributed by atoms with Gasteiger partial charge in [-0.3, -0.25) is 14.4 Å². The fraction of sp³-hybridized carbons (Fsp3) is 0.620. The molecule has 7 nitrogen and oxygen atoms in total. The number of ether oxygens (including phenoxy) is 3. The lowest BCUT2D eigenvalue weighted by molar-refractivity contribution is -0.153. The number of allylic oxidation sites excluding steroid dienone is 16. The summed E-state index contributed by atoms with van der Waals surface area (Å²) in [5.41, 5.74) is 0. The number of hydrogen-bond acceptors (Lipinski definition) is 7. The Morgan fingerprint density at radius 1 is 0.404 bits per heavy atom. The minimum atomic E-state index is -0.419. The van der Waals surface area contributed by atoms with Crippen molar-refractivity contribution in [3.63, 3.8) is 0 Å². The van der Waals surface area contributed by atoms with Gasteiger partial charge in [-0.2, -0.15) is 0 Å². The van der Waals surface area contributed by atoms with Gasteiger partial charge in [0.25, 0.3) is 0 Å². The summed E-state index contributed by atoms with van der Waals surface area (Å²) in [6.07, 6.45) is 55.2. The Bertz CT molecular complexity index is 1130. The molecule has 0 atom stereocenters. The lowest BCUT2D eigenvalue weighted by Crippen LogP contribution is -2.26. The van der Waals surface area contributed by atoms with Crippen LogP contribution >= 0.6 is 0 Å². The molecule has 0 rings (SSSR count). The van der Waals surface area contributed by atoms with E-state index in [0.29, 0.717) is 38.5 Å². The number of carbonyl (C=O) groups is 3. The Morgan fingerprint density at radius 2 is 0.684 bits per heavy atom. The minimum Gasteiger partial charge on any atom is -0.465 e. The van der Waals surface area contributed by atoms with Gasteiger partial charge in [0.05, 0.1) is 5.92 Å². The second kappa shape index (κ2) is 43.4. The Morgan fingerprint density at radius 3 is 0.982 bits per heavy atom. The van der Waals surface area contributed by atoms with Crippen molar-refractivity contribution < 1.29 is 28.6 Å². The number of unbranched alkanes of at least 4 members (excludes halogenated alkanes) is 8. The highest BCUT2D eigenvalue weighted by molar-refractivity contribution is 5.70. The van der Waals surface area contributed by atoms with E-state index in [4.69, 9.17) is 14.2 Å². The van der Waals surface area contributed by atoms with Gasteiger partial charge in [0.15, 0.2) is 0 Å². The summed E-state index contributed by atoms with van der Waals surface area (Å²) in [4.78, 5) is 39.2. The molecule has 0 aromatic rings. The first-order valence-electron chi connectivity index (χ1n) is 22.2. The van der Waals surface area contributed by atoms with E-state index in [9.17, 15) is 14.4 Å². The quantitative estimate of drug-likeness (QED) is 0.0266. The van der Waals surface area contributed by atoms with Crippen LogP contribution < -0.4 is 0 Å². The lowest BCUT2D eigenvalue weighted by atomic mass is 10.2. The zero-order chi connectivity index (χ0) is 41.7. The molecule has 322 valence electrons. The minimum absolute atomic E-state index is 0.0314. The van der Waals surface area contributed by atoms with Crippen LogP contribution in [0, 0.1) is 5.92 Å². The van der Waals surface area contributed by atoms with E-state index < -0.39 is 5.92 Å². The third-order valence-electron chi connectivity index (χ3n) is 8.84. The van der Waals surface area contributed by atoms with Crippen molar-refractivity contribution in [1.29, 1.82) is 0 Å². The van der Waals surface area contributed by atoms with Crippen molar-refractivity contribution in [3.05, 3.63) is 97.2 Å². The number of hydrogen-bond donors (Lipinski definition) is 0. The first-order chi connectivity index (χ1) is 27.9. The third-order valence-corrected chi connectivity index (χ3v) is 8.84. The van der Waals surface area contributed by atoms with Gasteiger partial charge < -0.3 is 19.1 Å². The fourth-order valence-corrected chi connectivity index (χ4v) is 5.38. The van der Waals surface area contributed by atoms with Gasteiger partial charge in [-0.05, 0) is 117 Å². The van der Waals surface area contributed by atoms with E-state index in [2.05, 4.69) is 111 Å². The predicted molar refractivity (Wildman–Crippen MR) is 241 cm³/mol. The third kappa shape index (κ3) is 43.3. The maximum absolute atomic E-state index is 12.5.